The van der Waals surface area contributed by atoms with Crippen LogP contribution in [0.1, 0.15) is 11.4 Å². The normalized spacial score (nSPS) is 12.2. The zero-order valence-electron chi connectivity index (χ0n) is 6.49. The van der Waals surface area contributed by atoms with Crippen LogP contribution in [0.3, 0.4) is 0 Å². The van der Waals surface area contributed by atoms with Crippen LogP contribution in [-0.4, -0.2) is 9.78 Å². The van der Waals surface area contributed by atoms with Gasteiger partial charge in [-0.3, -0.25) is 4.68 Å². The van der Waals surface area contributed by atoms with Gasteiger partial charge in [-0.2, -0.15) is 18.3 Å². The van der Waals surface area contributed by atoms with Gasteiger partial charge in [0.25, 0.3) is 0 Å². The lowest BCUT2D eigenvalue weighted by atomic mass is 10.3. The van der Waals surface area contributed by atoms with E-state index in [-0.39, 0.29) is 10.4 Å². The standard InChI is InChI=1S/C6H5BrClF3N2/c1-13-3(2-7)4(8)5(12-13)6(9,10)11/h2H2,1H3. The van der Waals surface area contributed by atoms with E-state index in [2.05, 4.69) is 21.0 Å². The van der Waals surface area contributed by atoms with Gasteiger partial charge in [0.15, 0.2) is 5.69 Å². The van der Waals surface area contributed by atoms with Gasteiger partial charge in [-0.05, 0) is 0 Å². The average Bonchev–Trinajstić information content (AvgIpc) is 2.25. The Kier molecular flexibility index (Phi) is 2.91. The van der Waals surface area contributed by atoms with Gasteiger partial charge in [0, 0.05) is 12.4 Å². The smallest absolute Gasteiger partial charge is 0.270 e. The second-order valence-corrected chi connectivity index (χ2v) is 3.30. The summed E-state index contributed by atoms with van der Waals surface area (Å²) in [6.45, 7) is 0. The van der Waals surface area contributed by atoms with Crippen LogP contribution in [-0.2, 0) is 18.6 Å². The highest BCUT2D eigenvalue weighted by atomic mass is 79.9. The van der Waals surface area contributed by atoms with Crippen LogP contribution in [0.5, 0.6) is 0 Å². The van der Waals surface area contributed by atoms with E-state index in [9.17, 15) is 13.2 Å². The Morgan fingerprint density at radius 3 is 2.31 bits per heavy atom. The van der Waals surface area contributed by atoms with Crippen molar-refractivity contribution < 1.29 is 13.2 Å². The molecule has 2 nitrogen and oxygen atoms in total. The molecule has 0 aliphatic rings. The number of aryl methyl sites for hydroxylation is 1. The lowest BCUT2D eigenvalue weighted by molar-refractivity contribution is -0.141. The van der Waals surface area contributed by atoms with Crippen LogP contribution in [0.2, 0.25) is 5.02 Å². The molecule has 13 heavy (non-hydrogen) atoms. The first-order chi connectivity index (χ1) is 5.88. The summed E-state index contributed by atoms with van der Waals surface area (Å²) >= 11 is 8.51. The molecule has 0 N–H and O–H groups in total. The van der Waals surface area contributed by atoms with Crippen molar-refractivity contribution in [2.75, 3.05) is 0 Å². The van der Waals surface area contributed by atoms with Crippen LogP contribution < -0.4 is 0 Å². The number of hydrogen-bond acceptors (Lipinski definition) is 1. The fourth-order valence-electron chi connectivity index (χ4n) is 0.859. The van der Waals surface area contributed by atoms with Gasteiger partial charge in [0.05, 0.1) is 10.7 Å². The largest absolute Gasteiger partial charge is 0.436 e. The summed E-state index contributed by atoms with van der Waals surface area (Å²) < 4.78 is 37.7. The molecule has 0 aromatic carbocycles. The Labute approximate surface area is 85.8 Å². The zero-order chi connectivity index (χ0) is 10.2. The molecule has 7 heteroatoms. The van der Waals surface area contributed by atoms with Crippen LogP contribution in [0.4, 0.5) is 13.2 Å². The number of alkyl halides is 4. The molecule has 74 valence electrons. The number of aromatic nitrogens is 2. The Hall–Kier alpha value is -0.230. The van der Waals surface area contributed by atoms with E-state index < -0.39 is 11.9 Å². The minimum atomic E-state index is -4.49. The Morgan fingerprint density at radius 1 is 1.54 bits per heavy atom. The first-order valence-electron chi connectivity index (χ1n) is 3.22. The fourth-order valence-corrected chi connectivity index (χ4v) is 2.00. The predicted octanol–water partition coefficient (Wildman–Crippen LogP) is 2.99. The van der Waals surface area contributed by atoms with Gasteiger partial charge in [-0.15, -0.1) is 0 Å². The molecule has 1 aromatic heterocycles. The van der Waals surface area contributed by atoms with Gasteiger partial charge in [0.2, 0.25) is 0 Å². The van der Waals surface area contributed by atoms with E-state index in [4.69, 9.17) is 11.6 Å². The molecule has 0 saturated heterocycles. The highest BCUT2D eigenvalue weighted by molar-refractivity contribution is 9.08. The second kappa shape index (κ2) is 3.49. The lowest BCUT2D eigenvalue weighted by Crippen LogP contribution is -2.07. The van der Waals surface area contributed by atoms with Crippen molar-refractivity contribution in [1.82, 2.24) is 9.78 Å². The van der Waals surface area contributed by atoms with Crippen molar-refractivity contribution in [3.05, 3.63) is 16.4 Å². The Bertz CT molecular complexity index is 320. The molecular formula is C6H5BrClF3N2. The molecular weight excluding hydrogens is 272 g/mol. The summed E-state index contributed by atoms with van der Waals surface area (Å²) in [7, 11) is 1.41. The van der Waals surface area contributed by atoms with Crippen molar-refractivity contribution in [3.8, 4) is 0 Å². The number of nitrogens with zero attached hydrogens (tertiary/aromatic N) is 2. The summed E-state index contributed by atoms with van der Waals surface area (Å²) in [4.78, 5) is 0. The summed E-state index contributed by atoms with van der Waals surface area (Å²) in [6.07, 6.45) is -4.49. The molecule has 0 radical (unpaired) electrons. The highest BCUT2D eigenvalue weighted by Gasteiger charge is 2.38. The number of rotatable bonds is 1. The van der Waals surface area contributed by atoms with Gasteiger partial charge < -0.3 is 0 Å². The predicted molar refractivity (Wildman–Crippen MR) is 45.9 cm³/mol. The maximum absolute atomic E-state index is 12.2. The minimum absolute atomic E-state index is 0.241. The molecule has 0 atom stereocenters. The SMILES string of the molecule is Cn1nc(C(F)(F)F)c(Cl)c1CBr. The quantitative estimate of drug-likeness (QED) is 0.722. The summed E-state index contributed by atoms with van der Waals surface area (Å²) in [5, 5.41) is 3.18. The molecule has 0 aliphatic carbocycles. The van der Waals surface area contributed by atoms with Crippen LogP contribution >= 0.6 is 27.5 Å². The Morgan fingerprint density at radius 2 is 2.08 bits per heavy atom. The lowest BCUT2D eigenvalue weighted by Gasteiger charge is -2.00. The van der Waals surface area contributed by atoms with E-state index in [1.165, 1.54) is 7.05 Å². The first-order valence-corrected chi connectivity index (χ1v) is 4.72. The van der Waals surface area contributed by atoms with E-state index >= 15 is 0 Å². The molecule has 1 rings (SSSR count). The first kappa shape index (κ1) is 10.8. The van der Waals surface area contributed by atoms with Gasteiger partial charge >= 0.3 is 6.18 Å². The second-order valence-electron chi connectivity index (χ2n) is 2.36. The van der Waals surface area contributed by atoms with E-state index in [0.29, 0.717) is 5.69 Å². The topological polar surface area (TPSA) is 17.8 Å². The van der Waals surface area contributed by atoms with Gasteiger partial charge in [0.1, 0.15) is 0 Å². The summed E-state index contributed by atoms with van der Waals surface area (Å²) in [5.74, 6) is 0. The van der Waals surface area contributed by atoms with Crippen LogP contribution in [0.25, 0.3) is 0 Å². The van der Waals surface area contributed by atoms with E-state index in [0.717, 1.165) is 4.68 Å². The molecule has 0 amide bonds. The van der Waals surface area contributed by atoms with Gasteiger partial charge in [-0.1, -0.05) is 27.5 Å². The Balaban J connectivity index is 3.26. The van der Waals surface area contributed by atoms with Gasteiger partial charge in [-0.25, -0.2) is 0 Å². The molecule has 0 fully saturated rings. The maximum atomic E-state index is 12.2. The zero-order valence-corrected chi connectivity index (χ0v) is 8.83. The van der Waals surface area contributed by atoms with Crippen LogP contribution in [0, 0.1) is 0 Å². The molecule has 0 aliphatic heterocycles. The monoisotopic (exact) mass is 276 g/mol. The van der Waals surface area contributed by atoms with Crippen molar-refractivity contribution in [1.29, 1.82) is 0 Å². The average molecular weight is 277 g/mol. The molecule has 1 aromatic rings. The minimum Gasteiger partial charge on any atom is -0.270 e. The highest BCUT2D eigenvalue weighted by Crippen LogP contribution is 2.35. The van der Waals surface area contributed by atoms with E-state index in [1.54, 1.807) is 0 Å². The summed E-state index contributed by atoms with van der Waals surface area (Å²) in [6, 6.07) is 0. The van der Waals surface area contributed by atoms with Crippen molar-refractivity contribution in [2.45, 2.75) is 11.5 Å². The third kappa shape index (κ3) is 1.99. The molecule has 0 spiro atoms. The number of halogens is 5. The van der Waals surface area contributed by atoms with E-state index in [1.807, 2.05) is 0 Å². The summed E-state index contributed by atoms with van der Waals surface area (Å²) in [5.41, 5.74) is -0.722. The van der Waals surface area contributed by atoms with Crippen molar-refractivity contribution in [2.24, 2.45) is 7.05 Å². The third-order valence-corrected chi connectivity index (χ3v) is 2.43. The third-order valence-electron chi connectivity index (χ3n) is 1.50. The molecule has 0 bridgehead atoms. The molecule has 1 heterocycles. The van der Waals surface area contributed by atoms with Crippen molar-refractivity contribution >= 4 is 27.5 Å². The molecule has 0 saturated carbocycles. The fraction of sp³-hybridized carbons (Fsp3) is 0.500. The van der Waals surface area contributed by atoms with Crippen molar-refractivity contribution in [3.63, 3.8) is 0 Å². The number of hydrogen-bond donors (Lipinski definition) is 0. The maximum Gasteiger partial charge on any atom is 0.436 e. The van der Waals surface area contributed by atoms with Crippen LogP contribution in [0.15, 0.2) is 0 Å². The molecule has 0 unspecified atom stereocenters.